The van der Waals surface area contributed by atoms with Gasteiger partial charge in [-0.3, -0.25) is 4.79 Å². The van der Waals surface area contributed by atoms with Gasteiger partial charge < -0.3 is 18.9 Å². The number of Topliss-reactive ketones (excluding diaryl/α,β-unsaturated/α-hetero) is 1. The predicted molar refractivity (Wildman–Crippen MR) is 59.1 cm³/mol. The minimum Gasteiger partial charge on any atom is -0.374 e. The number of hydrogen-bond donors (Lipinski definition) is 0. The van der Waals surface area contributed by atoms with Crippen LogP contribution in [0.5, 0.6) is 0 Å². The second-order valence-electron chi connectivity index (χ2n) is 2.92. The first-order valence-corrected chi connectivity index (χ1v) is 5.69. The van der Waals surface area contributed by atoms with Crippen molar-refractivity contribution in [2.45, 2.75) is 33.7 Å². The van der Waals surface area contributed by atoms with Gasteiger partial charge in [0.05, 0.1) is 19.8 Å². The van der Waals surface area contributed by atoms with E-state index in [0.29, 0.717) is 26.4 Å². The molecular formula is C11H22O5. The topological polar surface area (TPSA) is 54.0 Å². The molecule has 0 aliphatic rings. The smallest absolute Gasteiger partial charge is 0.349 e. The van der Waals surface area contributed by atoms with Crippen molar-refractivity contribution in [3.63, 3.8) is 0 Å². The summed E-state index contributed by atoms with van der Waals surface area (Å²) in [6.07, 6.45) is 0. The third kappa shape index (κ3) is 4.57. The number of carbonyl (C=O) groups excluding carboxylic acids is 1. The van der Waals surface area contributed by atoms with Crippen LogP contribution in [-0.4, -0.2) is 44.8 Å². The molecule has 0 radical (unpaired) electrons. The standard InChI is InChI=1S/C11H22O5/c1-5-13-9-10(12)11(14-6-2,15-7-3)16-8-4/h5-9H2,1-4H3. The summed E-state index contributed by atoms with van der Waals surface area (Å²) >= 11 is 0. The Labute approximate surface area is 97.0 Å². The lowest BCUT2D eigenvalue weighted by Gasteiger charge is -2.30. The van der Waals surface area contributed by atoms with E-state index in [1.165, 1.54) is 0 Å². The Morgan fingerprint density at radius 2 is 1.31 bits per heavy atom. The van der Waals surface area contributed by atoms with Crippen molar-refractivity contribution >= 4 is 5.78 Å². The zero-order valence-electron chi connectivity index (χ0n) is 10.6. The van der Waals surface area contributed by atoms with Crippen molar-refractivity contribution in [3.05, 3.63) is 0 Å². The molecule has 0 rings (SSSR count). The van der Waals surface area contributed by atoms with Gasteiger partial charge in [-0.2, -0.15) is 0 Å². The largest absolute Gasteiger partial charge is 0.374 e. The molecule has 0 aromatic heterocycles. The number of ether oxygens (including phenoxy) is 4. The Morgan fingerprint density at radius 3 is 1.62 bits per heavy atom. The minimum atomic E-state index is -1.60. The number of hydrogen-bond acceptors (Lipinski definition) is 5. The summed E-state index contributed by atoms with van der Waals surface area (Å²) < 4.78 is 20.9. The van der Waals surface area contributed by atoms with E-state index in [4.69, 9.17) is 18.9 Å². The molecule has 0 aliphatic carbocycles. The highest BCUT2D eigenvalue weighted by Gasteiger charge is 2.41. The van der Waals surface area contributed by atoms with Crippen molar-refractivity contribution < 1.29 is 23.7 Å². The highest BCUT2D eigenvalue weighted by Crippen LogP contribution is 2.17. The highest BCUT2D eigenvalue weighted by molar-refractivity contribution is 5.85. The monoisotopic (exact) mass is 234 g/mol. The van der Waals surface area contributed by atoms with Crippen LogP contribution < -0.4 is 0 Å². The summed E-state index contributed by atoms with van der Waals surface area (Å²) in [7, 11) is 0. The Bertz CT molecular complexity index is 176. The molecule has 0 heterocycles. The van der Waals surface area contributed by atoms with Gasteiger partial charge in [-0.1, -0.05) is 0 Å². The molecule has 0 N–H and O–H groups in total. The molecule has 0 spiro atoms. The van der Waals surface area contributed by atoms with E-state index in [1.54, 1.807) is 20.8 Å². The van der Waals surface area contributed by atoms with Crippen LogP contribution in [0.15, 0.2) is 0 Å². The lowest BCUT2D eigenvalue weighted by Crippen LogP contribution is -2.49. The van der Waals surface area contributed by atoms with Gasteiger partial charge in [0.2, 0.25) is 5.78 Å². The summed E-state index contributed by atoms with van der Waals surface area (Å²) in [6, 6.07) is 0. The van der Waals surface area contributed by atoms with Crippen LogP contribution in [0.2, 0.25) is 0 Å². The van der Waals surface area contributed by atoms with E-state index >= 15 is 0 Å². The maximum atomic E-state index is 11.9. The predicted octanol–water partition coefficient (Wildman–Crippen LogP) is 1.36. The molecule has 5 heteroatoms. The van der Waals surface area contributed by atoms with Gasteiger partial charge in [0.15, 0.2) is 0 Å². The van der Waals surface area contributed by atoms with Crippen LogP contribution in [0.25, 0.3) is 0 Å². The summed E-state index contributed by atoms with van der Waals surface area (Å²) in [4.78, 5) is 11.9. The normalized spacial score (nSPS) is 11.8. The van der Waals surface area contributed by atoms with Crippen molar-refractivity contribution in [2.75, 3.05) is 33.0 Å². The zero-order valence-corrected chi connectivity index (χ0v) is 10.6. The van der Waals surface area contributed by atoms with Crippen LogP contribution in [0.3, 0.4) is 0 Å². The van der Waals surface area contributed by atoms with Crippen molar-refractivity contribution in [3.8, 4) is 0 Å². The molecule has 0 bridgehead atoms. The fourth-order valence-corrected chi connectivity index (χ4v) is 1.22. The second kappa shape index (κ2) is 8.64. The van der Waals surface area contributed by atoms with E-state index in [-0.39, 0.29) is 12.4 Å². The quantitative estimate of drug-likeness (QED) is 0.534. The maximum Gasteiger partial charge on any atom is 0.349 e. The zero-order chi connectivity index (χ0) is 12.4. The van der Waals surface area contributed by atoms with E-state index in [0.717, 1.165) is 0 Å². The van der Waals surface area contributed by atoms with Crippen molar-refractivity contribution in [1.82, 2.24) is 0 Å². The van der Waals surface area contributed by atoms with Gasteiger partial charge in [0.25, 0.3) is 0 Å². The summed E-state index contributed by atoms with van der Waals surface area (Å²) in [6.45, 7) is 8.54. The molecule has 0 saturated heterocycles. The van der Waals surface area contributed by atoms with E-state index < -0.39 is 5.97 Å². The molecule has 0 amide bonds. The SMILES string of the molecule is CCOCC(=O)C(OCC)(OCC)OCC. The Balaban J connectivity index is 4.62. The van der Waals surface area contributed by atoms with Gasteiger partial charge in [-0.15, -0.1) is 0 Å². The molecule has 0 aromatic rings. The molecule has 96 valence electrons. The lowest BCUT2D eigenvalue weighted by atomic mass is 10.3. The van der Waals surface area contributed by atoms with Crippen LogP contribution in [0.1, 0.15) is 27.7 Å². The first-order chi connectivity index (χ1) is 7.66. The van der Waals surface area contributed by atoms with E-state index in [2.05, 4.69) is 0 Å². The lowest BCUT2D eigenvalue weighted by molar-refractivity contribution is -0.350. The average Bonchev–Trinajstić information content (AvgIpc) is 2.26. The van der Waals surface area contributed by atoms with Crippen molar-refractivity contribution in [1.29, 1.82) is 0 Å². The van der Waals surface area contributed by atoms with Gasteiger partial charge >= 0.3 is 5.97 Å². The Kier molecular flexibility index (Phi) is 8.37. The van der Waals surface area contributed by atoms with Crippen LogP contribution in [0, 0.1) is 0 Å². The van der Waals surface area contributed by atoms with Crippen molar-refractivity contribution in [2.24, 2.45) is 0 Å². The van der Waals surface area contributed by atoms with Gasteiger partial charge in [0, 0.05) is 6.61 Å². The summed E-state index contributed by atoms with van der Waals surface area (Å²) in [5.41, 5.74) is 0. The summed E-state index contributed by atoms with van der Waals surface area (Å²) in [5, 5.41) is 0. The first-order valence-electron chi connectivity index (χ1n) is 5.69. The third-order valence-corrected chi connectivity index (χ3v) is 1.78. The molecule has 0 fully saturated rings. The Morgan fingerprint density at radius 1 is 0.875 bits per heavy atom. The van der Waals surface area contributed by atoms with Gasteiger partial charge in [0.1, 0.15) is 6.61 Å². The molecule has 5 nitrogen and oxygen atoms in total. The number of rotatable bonds is 10. The van der Waals surface area contributed by atoms with E-state index in [1.807, 2.05) is 6.92 Å². The van der Waals surface area contributed by atoms with Crippen LogP contribution in [-0.2, 0) is 23.7 Å². The summed E-state index contributed by atoms with van der Waals surface area (Å²) in [5.74, 6) is -1.95. The Hall–Kier alpha value is -0.490. The third-order valence-electron chi connectivity index (χ3n) is 1.78. The average molecular weight is 234 g/mol. The molecule has 0 atom stereocenters. The first kappa shape index (κ1) is 15.5. The second-order valence-corrected chi connectivity index (χ2v) is 2.92. The number of ketones is 1. The maximum absolute atomic E-state index is 11.9. The molecule has 0 unspecified atom stereocenters. The fraction of sp³-hybridized carbons (Fsp3) is 0.909. The van der Waals surface area contributed by atoms with Crippen LogP contribution in [0.4, 0.5) is 0 Å². The fourth-order valence-electron chi connectivity index (χ4n) is 1.22. The van der Waals surface area contributed by atoms with Crippen LogP contribution >= 0.6 is 0 Å². The van der Waals surface area contributed by atoms with Gasteiger partial charge in [-0.25, -0.2) is 0 Å². The molecule has 0 aliphatic heterocycles. The molecular weight excluding hydrogens is 212 g/mol. The number of carbonyl (C=O) groups is 1. The highest BCUT2D eigenvalue weighted by atomic mass is 16.9. The van der Waals surface area contributed by atoms with Gasteiger partial charge in [-0.05, 0) is 27.7 Å². The molecule has 0 aromatic carbocycles. The molecule has 16 heavy (non-hydrogen) atoms. The molecule has 0 saturated carbocycles. The minimum absolute atomic E-state index is 0.0729. The van der Waals surface area contributed by atoms with E-state index in [9.17, 15) is 4.79 Å².